The van der Waals surface area contributed by atoms with E-state index in [9.17, 15) is 0 Å². The highest BCUT2D eigenvalue weighted by atomic mass is 35.5. The van der Waals surface area contributed by atoms with Crippen molar-refractivity contribution in [1.29, 1.82) is 0 Å². The maximum atomic E-state index is 6.07. The van der Waals surface area contributed by atoms with Gasteiger partial charge >= 0.3 is 0 Å². The quantitative estimate of drug-likeness (QED) is 0.910. The molecule has 3 nitrogen and oxygen atoms in total. The van der Waals surface area contributed by atoms with Crippen LogP contribution in [0.3, 0.4) is 0 Å². The van der Waals surface area contributed by atoms with Crippen molar-refractivity contribution in [3.05, 3.63) is 22.8 Å². The van der Waals surface area contributed by atoms with Gasteiger partial charge in [-0.1, -0.05) is 24.9 Å². The summed E-state index contributed by atoms with van der Waals surface area (Å²) >= 11 is 6.07. The van der Waals surface area contributed by atoms with Gasteiger partial charge in [-0.2, -0.15) is 0 Å². The normalized spacial score (nSPS) is 20.2. The average Bonchev–Trinajstić information content (AvgIpc) is 2.40. The lowest BCUT2D eigenvalue weighted by Crippen LogP contribution is -2.40. The van der Waals surface area contributed by atoms with Crippen LogP contribution < -0.4 is 10.6 Å². The van der Waals surface area contributed by atoms with E-state index < -0.39 is 0 Å². The van der Waals surface area contributed by atoms with Crippen molar-refractivity contribution in [3.8, 4) is 0 Å². The van der Waals surface area contributed by atoms with Crippen molar-refractivity contribution >= 4 is 17.4 Å². The smallest absolute Gasteiger partial charge is 0.129 e. The van der Waals surface area contributed by atoms with E-state index >= 15 is 0 Å². The van der Waals surface area contributed by atoms with E-state index in [1.54, 1.807) is 6.20 Å². The molecule has 0 aliphatic carbocycles. The zero-order valence-electron chi connectivity index (χ0n) is 11.0. The summed E-state index contributed by atoms with van der Waals surface area (Å²) in [6.07, 6.45) is 8.05. The lowest BCUT2D eigenvalue weighted by atomic mass is 9.98. The summed E-state index contributed by atoms with van der Waals surface area (Å²) in [4.78, 5) is 6.91. The van der Waals surface area contributed by atoms with Crippen LogP contribution in [0.2, 0.25) is 5.02 Å². The summed E-state index contributed by atoms with van der Waals surface area (Å²) in [7, 11) is 0. The fraction of sp³-hybridized carbons (Fsp3) is 0.643. The largest absolute Gasteiger partial charge is 0.354 e. The summed E-state index contributed by atoms with van der Waals surface area (Å²) in [6.45, 7) is 3.82. The van der Waals surface area contributed by atoms with Gasteiger partial charge in [-0.25, -0.2) is 4.98 Å². The predicted octanol–water partition coefficient (Wildman–Crippen LogP) is 3.35. The zero-order chi connectivity index (χ0) is 13.0. The minimum atomic E-state index is 0.473. The number of hydrogen-bond donors (Lipinski definition) is 1. The van der Waals surface area contributed by atoms with Gasteiger partial charge in [0.25, 0.3) is 0 Å². The minimum absolute atomic E-state index is 0.473. The number of rotatable bonds is 4. The first kappa shape index (κ1) is 13.6. The van der Waals surface area contributed by atoms with E-state index in [-0.39, 0.29) is 0 Å². The Labute approximate surface area is 114 Å². The first-order valence-electron chi connectivity index (χ1n) is 6.87. The maximum absolute atomic E-state index is 6.07. The van der Waals surface area contributed by atoms with Gasteiger partial charge in [-0.15, -0.1) is 0 Å². The summed E-state index contributed by atoms with van der Waals surface area (Å²) in [6, 6.07) is 2.68. The van der Waals surface area contributed by atoms with Gasteiger partial charge in [0, 0.05) is 25.3 Å². The number of nitrogens with two attached hydrogens (primary N) is 1. The second-order valence-corrected chi connectivity index (χ2v) is 5.38. The Morgan fingerprint density at radius 3 is 3.06 bits per heavy atom. The number of pyridine rings is 1. The third-order valence-corrected chi connectivity index (χ3v) is 4.02. The van der Waals surface area contributed by atoms with Gasteiger partial charge in [0.05, 0.1) is 5.02 Å². The van der Waals surface area contributed by atoms with Crippen LogP contribution in [0.5, 0.6) is 0 Å². The number of nitrogens with zero attached hydrogens (tertiary/aromatic N) is 2. The molecule has 0 aromatic carbocycles. The second-order valence-electron chi connectivity index (χ2n) is 4.97. The van der Waals surface area contributed by atoms with Gasteiger partial charge < -0.3 is 10.6 Å². The third-order valence-electron chi connectivity index (χ3n) is 3.68. The van der Waals surface area contributed by atoms with Gasteiger partial charge in [-0.3, -0.25) is 0 Å². The SMILES string of the molecule is CCCC1CCCCN1c1cc(CN)c(Cl)cn1. The van der Waals surface area contributed by atoms with E-state index in [0.717, 1.165) is 17.9 Å². The molecule has 1 aromatic rings. The molecule has 1 saturated heterocycles. The average molecular weight is 268 g/mol. The van der Waals surface area contributed by atoms with Crippen molar-refractivity contribution in [2.75, 3.05) is 11.4 Å². The fourth-order valence-corrected chi connectivity index (χ4v) is 2.90. The number of anilines is 1. The Kier molecular flexibility index (Phi) is 4.84. The summed E-state index contributed by atoms with van der Waals surface area (Å²) in [5.74, 6) is 1.04. The van der Waals surface area contributed by atoms with E-state index in [1.807, 2.05) is 0 Å². The van der Waals surface area contributed by atoms with Gasteiger partial charge in [-0.05, 0) is 37.3 Å². The first-order valence-corrected chi connectivity index (χ1v) is 7.25. The molecule has 1 aromatic heterocycles. The van der Waals surface area contributed by atoms with Gasteiger partial charge in [0.2, 0.25) is 0 Å². The molecule has 1 aliphatic heterocycles. The third kappa shape index (κ3) is 2.96. The highest BCUT2D eigenvalue weighted by Gasteiger charge is 2.23. The predicted molar refractivity (Wildman–Crippen MR) is 77.0 cm³/mol. The molecule has 0 radical (unpaired) electrons. The molecule has 0 bridgehead atoms. The Hall–Kier alpha value is -0.800. The minimum Gasteiger partial charge on any atom is -0.354 e. The highest BCUT2D eigenvalue weighted by molar-refractivity contribution is 6.31. The molecule has 4 heteroatoms. The molecule has 2 N–H and O–H groups in total. The first-order chi connectivity index (χ1) is 8.76. The van der Waals surface area contributed by atoms with Crippen molar-refractivity contribution in [1.82, 2.24) is 4.98 Å². The number of piperidine rings is 1. The topological polar surface area (TPSA) is 42.1 Å². The Morgan fingerprint density at radius 2 is 2.33 bits per heavy atom. The molecule has 0 saturated carbocycles. The van der Waals surface area contributed by atoms with Crippen molar-refractivity contribution in [2.45, 2.75) is 51.6 Å². The van der Waals surface area contributed by atoms with E-state index in [4.69, 9.17) is 17.3 Å². The van der Waals surface area contributed by atoms with E-state index in [0.29, 0.717) is 17.6 Å². The summed E-state index contributed by atoms with van der Waals surface area (Å²) in [5, 5.41) is 0.672. The van der Waals surface area contributed by atoms with Crippen LogP contribution >= 0.6 is 11.6 Å². The van der Waals surface area contributed by atoms with Crippen LogP contribution in [0.4, 0.5) is 5.82 Å². The molecule has 2 heterocycles. The lowest BCUT2D eigenvalue weighted by Gasteiger charge is -2.37. The molecule has 1 fully saturated rings. The Balaban J connectivity index is 2.22. The standard InChI is InChI=1S/C14H22ClN3/c1-2-5-12-6-3-4-7-18(12)14-8-11(9-16)13(15)10-17-14/h8,10,12H,2-7,9,16H2,1H3. The summed E-state index contributed by atoms with van der Waals surface area (Å²) < 4.78 is 0. The van der Waals surface area contributed by atoms with Crippen LogP contribution in [-0.4, -0.2) is 17.6 Å². The fourth-order valence-electron chi connectivity index (χ4n) is 2.72. The van der Waals surface area contributed by atoms with E-state index in [2.05, 4.69) is 22.9 Å². The van der Waals surface area contributed by atoms with E-state index in [1.165, 1.54) is 32.1 Å². The van der Waals surface area contributed by atoms with Crippen LogP contribution in [0, 0.1) is 0 Å². The van der Waals surface area contributed by atoms with Crippen LogP contribution in [0.15, 0.2) is 12.3 Å². The van der Waals surface area contributed by atoms with Crippen molar-refractivity contribution in [2.24, 2.45) is 5.73 Å². The van der Waals surface area contributed by atoms with Crippen LogP contribution in [-0.2, 0) is 6.54 Å². The number of hydrogen-bond acceptors (Lipinski definition) is 3. The molecule has 0 amide bonds. The van der Waals surface area contributed by atoms with Crippen LogP contribution in [0.1, 0.15) is 44.6 Å². The van der Waals surface area contributed by atoms with Crippen LogP contribution in [0.25, 0.3) is 0 Å². The second kappa shape index (κ2) is 6.39. The maximum Gasteiger partial charge on any atom is 0.129 e. The van der Waals surface area contributed by atoms with Gasteiger partial charge in [0.1, 0.15) is 5.82 Å². The number of aromatic nitrogens is 1. The lowest BCUT2D eigenvalue weighted by molar-refractivity contribution is 0.432. The monoisotopic (exact) mass is 267 g/mol. The molecule has 1 atom stereocenters. The molecule has 1 unspecified atom stereocenters. The molecule has 100 valence electrons. The Bertz CT molecular complexity index is 393. The molecule has 2 rings (SSSR count). The van der Waals surface area contributed by atoms with Gasteiger partial charge in [0.15, 0.2) is 0 Å². The Morgan fingerprint density at radius 1 is 1.50 bits per heavy atom. The molecular formula is C14H22ClN3. The van der Waals surface area contributed by atoms with Crippen molar-refractivity contribution in [3.63, 3.8) is 0 Å². The summed E-state index contributed by atoms with van der Waals surface area (Å²) in [5.41, 5.74) is 6.70. The highest BCUT2D eigenvalue weighted by Crippen LogP contribution is 2.28. The molecule has 1 aliphatic rings. The van der Waals surface area contributed by atoms with Crippen molar-refractivity contribution < 1.29 is 0 Å². The molecule has 0 spiro atoms. The zero-order valence-corrected chi connectivity index (χ0v) is 11.8. The molecular weight excluding hydrogens is 246 g/mol. The number of halogens is 1. The molecule has 18 heavy (non-hydrogen) atoms.